The molecule has 0 saturated carbocycles. The number of primary amides is 1. The number of rotatable bonds is 46. The minimum absolute atomic E-state index is 0.00343. The Bertz CT molecular complexity index is 2500. The third-order valence-corrected chi connectivity index (χ3v) is 14.5. The molecule has 23 N–H and O–H groups in total. The Kier molecular flexibility index (Phi) is 40.3. The second-order valence-electron chi connectivity index (χ2n) is 21.8. The van der Waals surface area contributed by atoms with Crippen LogP contribution in [0.3, 0.4) is 0 Å². The minimum atomic E-state index is -1.32. The van der Waals surface area contributed by atoms with Gasteiger partial charge in [-0.15, -0.1) is 0 Å². The first-order chi connectivity index (χ1) is 42.7. The Labute approximate surface area is 537 Å². The van der Waals surface area contributed by atoms with Gasteiger partial charge >= 0.3 is 0 Å². The number of thiol groups is 2. The first kappa shape index (κ1) is 80.7. The number of phenolic OH excluding ortho intramolecular Hbond substituents is 1. The van der Waals surface area contributed by atoms with Crippen LogP contribution in [0.15, 0.2) is 24.3 Å². The van der Waals surface area contributed by atoms with Crippen molar-refractivity contribution in [3.63, 3.8) is 0 Å². The zero-order chi connectivity index (χ0) is 67.9. The first-order valence-corrected chi connectivity index (χ1v) is 31.6. The van der Waals surface area contributed by atoms with Gasteiger partial charge in [-0.05, 0) is 162 Å². The average Bonchev–Trinajstić information content (AvgIpc) is 1.98. The van der Waals surface area contributed by atoms with E-state index in [4.69, 9.17) is 28.7 Å². The summed E-state index contributed by atoms with van der Waals surface area (Å²) in [6.07, 6.45) is 3.21. The van der Waals surface area contributed by atoms with E-state index in [-0.39, 0.29) is 89.2 Å². The van der Waals surface area contributed by atoms with Crippen LogP contribution in [-0.4, -0.2) is 193 Å². The molecule has 31 nitrogen and oxygen atoms in total. The van der Waals surface area contributed by atoms with Crippen LogP contribution in [-0.2, 0) is 68.7 Å². The predicted octanol–water partition coefficient (Wildman–Crippen LogP) is -4.88. The van der Waals surface area contributed by atoms with Gasteiger partial charge in [0.15, 0.2) is 0 Å². The molecule has 0 heterocycles. The molecule has 508 valence electrons. The van der Waals surface area contributed by atoms with Gasteiger partial charge in [-0.25, -0.2) is 0 Å². The standard InChI is InChI=1S/C57H99N17O14S2/c1-32(47(78)70-39(14-6-10-24-58)54(85)65-33(2)49(80)72-41(16-8-12-26-60)56(87)67-35(4)51(82)74-43(22-23-45(62)76)52(83)63-28-29-89)64-53(84)40(15-7-11-25-59)71-48(79)34(3)66-55(86)42(17-9-13-27-61)73-50(81)36(5)68-57(88)44(69-46(77)31-90)30-37-18-20-38(75)21-19-37/h18-21,32-36,39-44,75,89-90H,6-17,22-31,58-61H2,1-5H3,(H2,62,76)(H,63,83)(H,64,84)(H,65,85)(H,66,86)(H,67,87)(H,68,88)(H,69,77)(H,70,78)(H,71,79)(H,72,80)(H,73,81)(H,74,82)/t32-,33-,34-,35-,36-,39+,40+,41+,42+,43+,44+/m1/s1. The number of aromatic hydroxyl groups is 1. The highest BCUT2D eigenvalue weighted by Gasteiger charge is 2.34. The molecular formula is C57H99N17O14S2. The van der Waals surface area contributed by atoms with Gasteiger partial charge < -0.3 is 97.6 Å². The molecule has 1 aromatic carbocycles. The Balaban J connectivity index is 3.18. The molecule has 0 radical (unpaired) electrons. The molecule has 0 aliphatic heterocycles. The fraction of sp³-hybridized carbons (Fsp3) is 0.667. The largest absolute Gasteiger partial charge is 0.508 e. The Morgan fingerprint density at radius 2 is 0.678 bits per heavy atom. The fourth-order valence-electron chi connectivity index (χ4n) is 8.60. The van der Waals surface area contributed by atoms with Crippen molar-refractivity contribution in [1.29, 1.82) is 0 Å². The molecule has 0 spiro atoms. The summed E-state index contributed by atoms with van der Waals surface area (Å²) in [5.74, 6) is -9.63. The predicted molar refractivity (Wildman–Crippen MR) is 342 cm³/mol. The van der Waals surface area contributed by atoms with E-state index < -0.39 is 143 Å². The molecular weight excluding hydrogens is 1210 g/mol. The van der Waals surface area contributed by atoms with Crippen molar-refractivity contribution in [1.82, 2.24) is 63.8 Å². The number of nitrogens with one attached hydrogen (secondary N) is 12. The smallest absolute Gasteiger partial charge is 0.243 e. The highest BCUT2D eigenvalue weighted by Crippen LogP contribution is 2.13. The summed E-state index contributed by atoms with van der Waals surface area (Å²) in [6.45, 7) is 7.98. The Hall–Kier alpha value is -7.33. The lowest BCUT2D eigenvalue weighted by molar-refractivity contribution is -0.136. The summed E-state index contributed by atoms with van der Waals surface area (Å²) in [7, 11) is 0. The lowest BCUT2D eigenvalue weighted by Crippen LogP contribution is -2.59. The van der Waals surface area contributed by atoms with Gasteiger partial charge in [-0.2, -0.15) is 25.3 Å². The molecule has 0 saturated heterocycles. The van der Waals surface area contributed by atoms with Crippen molar-refractivity contribution in [2.75, 3.05) is 44.2 Å². The number of amides is 13. The molecule has 0 aromatic heterocycles. The minimum Gasteiger partial charge on any atom is -0.508 e. The number of nitrogens with two attached hydrogens (primary N) is 5. The van der Waals surface area contributed by atoms with Crippen LogP contribution < -0.4 is 92.5 Å². The molecule has 0 aliphatic rings. The molecule has 0 unspecified atom stereocenters. The van der Waals surface area contributed by atoms with E-state index in [1.54, 1.807) is 12.1 Å². The number of hydrogen-bond donors (Lipinski definition) is 20. The number of phenols is 1. The van der Waals surface area contributed by atoms with Crippen molar-refractivity contribution < 1.29 is 67.4 Å². The summed E-state index contributed by atoms with van der Waals surface area (Å²) in [4.78, 5) is 173. The van der Waals surface area contributed by atoms with E-state index in [0.717, 1.165) is 0 Å². The van der Waals surface area contributed by atoms with E-state index >= 15 is 0 Å². The molecule has 0 fully saturated rings. The molecule has 0 bridgehead atoms. The lowest BCUT2D eigenvalue weighted by Gasteiger charge is -2.26. The summed E-state index contributed by atoms with van der Waals surface area (Å²) in [5, 5.41) is 40.5. The average molecular weight is 1310 g/mol. The normalized spacial score (nSPS) is 14.7. The van der Waals surface area contributed by atoms with Crippen LogP contribution >= 0.6 is 25.3 Å². The number of carbonyl (C=O) groups is 13. The number of unbranched alkanes of at least 4 members (excludes halogenated alkanes) is 4. The Morgan fingerprint density at radius 1 is 0.389 bits per heavy atom. The van der Waals surface area contributed by atoms with Crippen molar-refractivity contribution in [3.05, 3.63) is 29.8 Å². The molecule has 0 aliphatic carbocycles. The lowest BCUT2D eigenvalue weighted by atomic mass is 10.0. The van der Waals surface area contributed by atoms with Crippen LogP contribution in [0.1, 0.15) is 130 Å². The van der Waals surface area contributed by atoms with Gasteiger partial charge in [0.2, 0.25) is 76.8 Å². The van der Waals surface area contributed by atoms with Gasteiger partial charge in [-0.3, -0.25) is 62.3 Å². The monoisotopic (exact) mass is 1310 g/mol. The third-order valence-electron chi connectivity index (χ3n) is 14.0. The van der Waals surface area contributed by atoms with Crippen LogP contribution in [0.5, 0.6) is 5.75 Å². The summed E-state index contributed by atoms with van der Waals surface area (Å²) < 4.78 is 0. The van der Waals surface area contributed by atoms with Crippen molar-refractivity contribution in [2.24, 2.45) is 28.7 Å². The SMILES string of the molecule is C[C@@H](NC(=O)[C@H](CCCCN)NC(=O)[C@@H](C)NC(=O)[C@H](CCCCN)NC(=O)[C@@H](C)NC(=O)[C@H](CCCCN)NC(=O)[C@@H](C)NC(=O)[C@H](CCCCN)NC(=O)[C@@H](C)NC(=O)[C@H](Cc1ccc(O)cc1)NC(=O)CS)C(=O)N[C@@H](CCC(N)=O)C(=O)NCCS. The van der Waals surface area contributed by atoms with Gasteiger partial charge in [0.25, 0.3) is 0 Å². The van der Waals surface area contributed by atoms with E-state index in [9.17, 15) is 67.4 Å². The van der Waals surface area contributed by atoms with Crippen molar-refractivity contribution >= 4 is 102 Å². The summed E-state index contributed by atoms with van der Waals surface area (Å²) in [6, 6.07) is -7.72. The molecule has 90 heavy (non-hydrogen) atoms. The fourth-order valence-corrected chi connectivity index (χ4v) is 8.81. The van der Waals surface area contributed by atoms with Gasteiger partial charge in [0.05, 0.1) is 5.75 Å². The zero-order valence-corrected chi connectivity index (χ0v) is 54.0. The number of hydrogen-bond acceptors (Lipinski definition) is 20. The van der Waals surface area contributed by atoms with E-state index in [2.05, 4.69) is 89.1 Å². The maximum Gasteiger partial charge on any atom is 0.243 e. The van der Waals surface area contributed by atoms with Crippen LogP contribution in [0.4, 0.5) is 0 Å². The van der Waals surface area contributed by atoms with Crippen LogP contribution in [0.2, 0.25) is 0 Å². The van der Waals surface area contributed by atoms with E-state index in [1.165, 1.54) is 46.8 Å². The van der Waals surface area contributed by atoms with Gasteiger partial charge in [0.1, 0.15) is 72.2 Å². The number of carbonyl (C=O) groups excluding carboxylic acids is 13. The molecule has 33 heteroatoms. The van der Waals surface area contributed by atoms with Crippen molar-refractivity contribution in [3.8, 4) is 5.75 Å². The first-order valence-electron chi connectivity index (χ1n) is 30.4. The van der Waals surface area contributed by atoms with Crippen molar-refractivity contribution in [2.45, 2.75) is 197 Å². The Morgan fingerprint density at radius 3 is 0.944 bits per heavy atom. The van der Waals surface area contributed by atoms with E-state index in [0.29, 0.717) is 62.7 Å². The van der Waals surface area contributed by atoms with E-state index in [1.807, 2.05) is 0 Å². The third kappa shape index (κ3) is 32.4. The quantitative estimate of drug-likeness (QED) is 0.0215. The maximum atomic E-state index is 13.9. The molecule has 13 amide bonds. The van der Waals surface area contributed by atoms with Gasteiger partial charge in [0, 0.05) is 25.1 Å². The summed E-state index contributed by atoms with van der Waals surface area (Å²) in [5.41, 5.74) is 28.7. The second kappa shape index (κ2) is 45.0. The molecule has 11 atom stereocenters. The van der Waals surface area contributed by atoms with Crippen LogP contribution in [0.25, 0.3) is 0 Å². The topological polar surface area (TPSA) is 517 Å². The second-order valence-corrected chi connectivity index (χ2v) is 22.5. The van der Waals surface area contributed by atoms with Gasteiger partial charge in [-0.1, -0.05) is 12.1 Å². The molecule has 1 rings (SSSR count). The van der Waals surface area contributed by atoms with Crippen LogP contribution in [0, 0.1) is 0 Å². The highest BCUT2D eigenvalue weighted by molar-refractivity contribution is 7.81. The zero-order valence-electron chi connectivity index (χ0n) is 52.3. The summed E-state index contributed by atoms with van der Waals surface area (Å²) >= 11 is 8.03. The highest BCUT2D eigenvalue weighted by atomic mass is 32.1. The molecule has 1 aromatic rings. The number of benzene rings is 1. The maximum absolute atomic E-state index is 13.9.